The first kappa shape index (κ1) is 17.0. The first-order valence-corrected chi connectivity index (χ1v) is 8.48. The minimum absolute atomic E-state index is 0.142. The lowest BCUT2D eigenvalue weighted by atomic mass is 10.1. The van der Waals surface area contributed by atoms with Gasteiger partial charge in [-0.1, -0.05) is 19.9 Å². The summed E-state index contributed by atoms with van der Waals surface area (Å²) in [5.74, 6) is 0.956. The molecule has 0 atom stereocenters. The Kier molecular flexibility index (Phi) is 4.74. The molecule has 5 heteroatoms. The second kappa shape index (κ2) is 6.97. The second-order valence-corrected chi connectivity index (χ2v) is 6.85. The van der Waals surface area contributed by atoms with E-state index in [2.05, 4.69) is 34.8 Å². The summed E-state index contributed by atoms with van der Waals surface area (Å²) in [6.07, 6.45) is 3.75. The fourth-order valence-corrected chi connectivity index (χ4v) is 2.92. The van der Waals surface area contributed by atoms with Crippen molar-refractivity contribution in [1.29, 1.82) is 0 Å². The molecule has 2 aromatic heterocycles. The number of hydrogen-bond acceptors (Lipinski definition) is 3. The molecule has 0 saturated heterocycles. The Labute approximate surface area is 148 Å². The van der Waals surface area contributed by atoms with Crippen LogP contribution in [0, 0.1) is 5.92 Å². The van der Waals surface area contributed by atoms with E-state index in [0.717, 1.165) is 23.1 Å². The monoisotopic (exact) mass is 336 g/mol. The van der Waals surface area contributed by atoms with Crippen LogP contribution < -0.4 is 10.2 Å². The summed E-state index contributed by atoms with van der Waals surface area (Å²) in [6, 6.07) is 11.6. The maximum absolute atomic E-state index is 12.8. The molecule has 3 rings (SSSR count). The zero-order valence-electron chi connectivity index (χ0n) is 15.2. The first-order valence-electron chi connectivity index (χ1n) is 8.48. The Morgan fingerprint density at radius 1 is 1.24 bits per heavy atom. The Hall–Kier alpha value is -2.82. The molecule has 0 bridgehead atoms. The molecule has 5 nitrogen and oxygen atoms in total. The van der Waals surface area contributed by atoms with Crippen LogP contribution in [0.25, 0.3) is 10.9 Å². The molecule has 0 aliphatic carbocycles. The van der Waals surface area contributed by atoms with Gasteiger partial charge in [-0.25, -0.2) is 4.98 Å². The van der Waals surface area contributed by atoms with E-state index in [1.165, 1.54) is 0 Å². The SMILES string of the molecule is CC(C)Cn1ccc2c(C(=O)Nc3cc(N(C)C)ccn3)cccc21. The van der Waals surface area contributed by atoms with Crippen molar-refractivity contribution in [3.63, 3.8) is 0 Å². The van der Waals surface area contributed by atoms with Crippen molar-refractivity contribution in [3.05, 3.63) is 54.4 Å². The average molecular weight is 336 g/mol. The molecule has 0 unspecified atom stereocenters. The van der Waals surface area contributed by atoms with E-state index in [1.54, 1.807) is 6.20 Å². The molecule has 25 heavy (non-hydrogen) atoms. The molecule has 0 saturated carbocycles. The van der Waals surface area contributed by atoms with Crippen LogP contribution in [0.3, 0.4) is 0 Å². The van der Waals surface area contributed by atoms with Gasteiger partial charge in [0.2, 0.25) is 0 Å². The van der Waals surface area contributed by atoms with E-state index in [9.17, 15) is 4.79 Å². The number of pyridine rings is 1. The van der Waals surface area contributed by atoms with E-state index in [4.69, 9.17) is 0 Å². The summed E-state index contributed by atoms with van der Waals surface area (Å²) in [5, 5.41) is 3.87. The van der Waals surface area contributed by atoms with Crippen molar-refractivity contribution in [3.8, 4) is 0 Å². The summed E-state index contributed by atoms with van der Waals surface area (Å²) >= 11 is 0. The van der Waals surface area contributed by atoms with Crippen LogP contribution in [0.5, 0.6) is 0 Å². The van der Waals surface area contributed by atoms with E-state index in [0.29, 0.717) is 17.3 Å². The molecule has 3 aromatic rings. The van der Waals surface area contributed by atoms with Gasteiger partial charge in [-0.2, -0.15) is 0 Å². The number of nitrogens with one attached hydrogen (secondary N) is 1. The summed E-state index contributed by atoms with van der Waals surface area (Å²) in [5.41, 5.74) is 2.74. The van der Waals surface area contributed by atoms with Crippen molar-refractivity contribution in [2.45, 2.75) is 20.4 Å². The van der Waals surface area contributed by atoms with Crippen molar-refractivity contribution in [2.75, 3.05) is 24.3 Å². The van der Waals surface area contributed by atoms with Gasteiger partial charge in [0.15, 0.2) is 0 Å². The summed E-state index contributed by atoms with van der Waals surface area (Å²) < 4.78 is 2.20. The smallest absolute Gasteiger partial charge is 0.257 e. The predicted octanol–water partition coefficient (Wildman–Crippen LogP) is 4.01. The normalized spacial score (nSPS) is 11.1. The van der Waals surface area contributed by atoms with Crippen molar-refractivity contribution >= 4 is 28.3 Å². The van der Waals surface area contributed by atoms with Gasteiger partial charge in [0.05, 0.1) is 0 Å². The number of hydrogen-bond donors (Lipinski definition) is 1. The van der Waals surface area contributed by atoms with Crippen LogP contribution in [0.1, 0.15) is 24.2 Å². The first-order chi connectivity index (χ1) is 12.0. The van der Waals surface area contributed by atoms with Gasteiger partial charge in [0.25, 0.3) is 5.91 Å². The van der Waals surface area contributed by atoms with E-state index in [1.807, 2.05) is 55.5 Å². The summed E-state index contributed by atoms with van der Waals surface area (Å²) in [7, 11) is 3.91. The molecule has 0 aliphatic rings. The number of aromatic nitrogens is 2. The number of fused-ring (bicyclic) bond motifs is 1. The molecule has 0 radical (unpaired) electrons. The summed E-state index contributed by atoms with van der Waals surface area (Å²) in [6.45, 7) is 5.30. The van der Waals surface area contributed by atoms with Gasteiger partial charge in [-0.05, 0) is 30.2 Å². The molecule has 1 N–H and O–H groups in total. The number of benzene rings is 1. The number of nitrogens with zero attached hydrogens (tertiary/aromatic N) is 3. The van der Waals surface area contributed by atoms with Gasteiger partial charge < -0.3 is 14.8 Å². The van der Waals surface area contributed by atoms with Crippen LogP contribution in [0.2, 0.25) is 0 Å². The number of carbonyl (C=O) groups is 1. The van der Waals surface area contributed by atoms with Crippen molar-refractivity contribution in [2.24, 2.45) is 5.92 Å². The highest BCUT2D eigenvalue weighted by atomic mass is 16.1. The summed E-state index contributed by atoms with van der Waals surface area (Å²) in [4.78, 5) is 19.0. The molecule has 1 aromatic carbocycles. The number of carbonyl (C=O) groups excluding carboxylic acids is 1. The minimum Gasteiger partial charge on any atom is -0.378 e. The standard InChI is InChI=1S/C20H24N4O/c1-14(2)13-24-11-9-16-17(6-5-7-18(16)24)20(25)22-19-12-15(23(3)4)8-10-21-19/h5-12,14H,13H2,1-4H3,(H,21,22,25). The topological polar surface area (TPSA) is 50.2 Å². The Bertz CT molecular complexity index is 896. The number of amides is 1. The van der Waals surface area contributed by atoms with Crippen LogP contribution in [-0.2, 0) is 6.54 Å². The third kappa shape index (κ3) is 3.65. The van der Waals surface area contributed by atoms with Gasteiger partial charge in [0.1, 0.15) is 5.82 Å². The Morgan fingerprint density at radius 3 is 2.76 bits per heavy atom. The lowest BCUT2D eigenvalue weighted by Crippen LogP contribution is -2.15. The Balaban J connectivity index is 1.90. The highest BCUT2D eigenvalue weighted by Gasteiger charge is 2.13. The average Bonchev–Trinajstić information content (AvgIpc) is 2.97. The van der Waals surface area contributed by atoms with Crippen LogP contribution >= 0.6 is 0 Å². The maximum Gasteiger partial charge on any atom is 0.257 e. The van der Waals surface area contributed by atoms with Crippen LogP contribution in [-0.4, -0.2) is 29.6 Å². The molecule has 130 valence electrons. The van der Waals surface area contributed by atoms with Gasteiger partial charge in [0, 0.05) is 61.3 Å². The van der Waals surface area contributed by atoms with Crippen molar-refractivity contribution < 1.29 is 4.79 Å². The van der Waals surface area contributed by atoms with E-state index >= 15 is 0 Å². The number of anilines is 2. The molecule has 0 fully saturated rings. The van der Waals surface area contributed by atoms with Gasteiger partial charge >= 0.3 is 0 Å². The Morgan fingerprint density at radius 2 is 2.04 bits per heavy atom. The van der Waals surface area contributed by atoms with E-state index in [-0.39, 0.29) is 5.91 Å². The molecule has 1 amide bonds. The van der Waals surface area contributed by atoms with Crippen molar-refractivity contribution in [1.82, 2.24) is 9.55 Å². The largest absolute Gasteiger partial charge is 0.378 e. The molecule has 0 aliphatic heterocycles. The molecule has 2 heterocycles. The highest BCUT2D eigenvalue weighted by molar-refractivity contribution is 6.12. The third-order valence-corrected chi connectivity index (χ3v) is 4.12. The lowest BCUT2D eigenvalue weighted by Gasteiger charge is -2.13. The molecule has 0 spiro atoms. The van der Waals surface area contributed by atoms with E-state index < -0.39 is 0 Å². The quantitative estimate of drug-likeness (QED) is 0.766. The van der Waals surface area contributed by atoms with Crippen LogP contribution in [0.4, 0.5) is 11.5 Å². The lowest BCUT2D eigenvalue weighted by molar-refractivity contribution is 0.102. The van der Waals surface area contributed by atoms with Gasteiger partial charge in [-0.3, -0.25) is 4.79 Å². The zero-order valence-corrected chi connectivity index (χ0v) is 15.2. The second-order valence-electron chi connectivity index (χ2n) is 6.85. The third-order valence-electron chi connectivity index (χ3n) is 4.12. The van der Waals surface area contributed by atoms with Gasteiger partial charge in [-0.15, -0.1) is 0 Å². The molecular weight excluding hydrogens is 312 g/mol. The zero-order chi connectivity index (χ0) is 18.0. The maximum atomic E-state index is 12.8. The predicted molar refractivity (Wildman–Crippen MR) is 103 cm³/mol. The fraction of sp³-hybridized carbons (Fsp3) is 0.300. The minimum atomic E-state index is -0.142. The van der Waals surface area contributed by atoms with Crippen LogP contribution in [0.15, 0.2) is 48.8 Å². The fourth-order valence-electron chi connectivity index (χ4n) is 2.92. The highest BCUT2D eigenvalue weighted by Crippen LogP contribution is 2.23. The number of rotatable bonds is 5. The molecular formula is C20H24N4O.